The molecule has 0 fully saturated rings. The molecule has 0 amide bonds. The zero-order valence-corrected chi connectivity index (χ0v) is 8.02. The lowest BCUT2D eigenvalue weighted by atomic mass is 10.1. The van der Waals surface area contributed by atoms with Gasteiger partial charge in [0.05, 0.1) is 6.26 Å². The summed E-state index contributed by atoms with van der Waals surface area (Å²) in [5.74, 6) is 1.60. The number of furan rings is 1. The highest BCUT2D eigenvalue weighted by Gasteiger charge is 2.14. The third kappa shape index (κ3) is 2.03. The number of hydrogen-bond donors (Lipinski definition) is 0. The van der Waals surface area contributed by atoms with Gasteiger partial charge in [-0.25, -0.2) is 0 Å². The molecule has 0 bridgehead atoms. The van der Waals surface area contributed by atoms with Crippen LogP contribution < -0.4 is 0 Å². The predicted octanol–water partition coefficient (Wildman–Crippen LogP) is 3.13. The van der Waals surface area contributed by atoms with Crippen LogP contribution in [0.3, 0.4) is 0 Å². The van der Waals surface area contributed by atoms with E-state index < -0.39 is 0 Å². The summed E-state index contributed by atoms with van der Waals surface area (Å²) in [6.07, 6.45) is 3.86. The van der Waals surface area contributed by atoms with Crippen LogP contribution >= 0.6 is 11.8 Å². The molecule has 1 rings (SSSR count). The Bertz CT molecular complexity index is 193. The average Bonchev–Trinajstić information content (AvgIpc) is 2.53. The first-order chi connectivity index (χ1) is 5.25. The fourth-order valence-corrected chi connectivity index (χ4v) is 1.53. The van der Waals surface area contributed by atoms with Crippen molar-refractivity contribution >= 4 is 11.8 Å². The Hall–Kier alpha value is -0.370. The Labute approximate surface area is 72.2 Å². The SMILES string of the molecule is CSC(C)C(C)c1ccco1. The molecular formula is C9H14OS. The third-order valence-corrected chi connectivity index (χ3v) is 3.22. The quantitative estimate of drug-likeness (QED) is 0.691. The van der Waals surface area contributed by atoms with Crippen LogP contribution in [0.1, 0.15) is 25.5 Å². The molecule has 62 valence electrons. The van der Waals surface area contributed by atoms with E-state index in [2.05, 4.69) is 20.1 Å². The number of hydrogen-bond acceptors (Lipinski definition) is 2. The summed E-state index contributed by atoms with van der Waals surface area (Å²) < 4.78 is 5.30. The van der Waals surface area contributed by atoms with Crippen LogP contribution in [0.5, 0.6) is 0 Å². The third-order valence-electron chi connectivity index (χ3n) is 2.07. The summed E-state index contributed by atoms with van der Waals surface area (Å²) in [5.41, 5.74) is 0. The summed E-state index contributed by atoms with van der Waals surface area (Å²) in [6, 6.07) is 3.98. The lowest BCUT2D eigenvalue weighted by Gasteiger charge is -2.14. The molecule has 0 aliphatic heterocycles. The maximum atomic E-state index is 5.30. The minimum atomic E-state index is 0.514. The molecule has 0 radical (unpaired) electrons. The highest BCUT2D eigenvalue weighted by molar-refractivity contribution is 7.99. The predicted molar refractivity (Wildman–Crippen MR) is 50.1 cm³/mol. The average molecular weight is 170 g/mol. The van der Waals surface area contributed by atoms with Crippen molar-refractivity contribution in [3.05, 3.63) is 24.2 Å². The molecule has 11 heavy (non-hydrogen) atoms. The Kier molecular flexibility index (Phi) is 3.06. The van der Waals surface area contributed by atoms with E-state index in [0.717, 1.165) is 5.76 Å². The summed E-state index contributed by atoms with van der Waals surface area (Å²) >= 11 is 1.87. The van der Waals surface area contributed by atoms with Gasteiger partial charge >= 0.3 is 0 Å². The largest absolute Gasteiger partial charge is 0.469 e. The lowest BCUT2D eigenvalue weighted by molar-refractivity contribution is 0.473. The second-order valence-electron chi connectivity index (χ2n) is 2.74. The molecule has 0 aliphatic rings. The van der Waals surface area contributed by atoms with E-state index in [-0.39, 0.29) is 0 Å². The number of rotatable bonds is 3. The molecule has 2 unspecified atom stereocenters. The monoisotopic (exact) mass is 170 g/mol. The molecule has 0 spiro atoms. The van der Waals surface area contributed by atoms with Crippen LogP contribution in [0.2, 0.25) is 0 Å². The summed E-state index contributed by atoms with van der Waals surface area (Å²) in [5, 5.41) is 0.626. The van der Waals surface area contributed by atoms with E-state index in [0.29, 0.717) is 11.2 Å². The molecular weight excluding hydrogens is 156 g/mol. The van der Waals surface area contributed by atoms with Gasteiger partial charge in [-0.15, -0.1) is 0 Å². The van der Waals surface area contributed by atoms with Crippen molar-refractivity contribution in [1.82, 2.24) is 0 Å². The van der Waals surface area contributed by atoms with Crippen molar-refractivity contribution in [1.29, 1.82) is 0 Å². The molecule has 0 saturated heterocycles. The fraction of sp³-hybridized carbons (Fsp3) is 0.556. The Morgan fingerprint density at radius 3 is 2.64 bits per heavy atom. The summed E-state index contributed by atoms with van der Waals surface area (Å²) in [6.45, 7) is 4.41. The molecule has 2 atom stereocenters. The maximum absolute atomic E-state index is 5.30. The van der Waals surface area contributed by atoms with Gasteiger partial charge in [0, 0.05) is 11.2 Å². The molecule has 1 nitrogen and oxygen atoms in total. The molecule has 1 aromatic rings. The minimum Gasteiger partial charge on any atom is -0.469 e. The van der Waals surface area contributed by atoms with E-state index in [4.69, 9.17) is 4.42 Å². The minimum absolute atomic E-state index is 0.514. The van der Waals surface area contributed by atoms with Crippen LogP contribution in [0.4, 0.5) is 0 Å². The fourth-order valence-electron chi connectivity index (χ4n) is 0.986. The summed E-state index contributed by atoms with van der Waals surface area (Å²) in [4.78, 5) is 0. The zero-order chi connectivity index (χ0) is 8.27. The van der Waals surface area contributed by atoms with Crippen LogP contribution in [0.25, 0.3) is 0 Å². The Morgan fingerprint density at radius 2 is 2.18 bits per heavy atom. The number of thioether (sulfide) groups is 1. The first-order valence-electron chi connectivity index (χ1n) is 3.82. The van der Waals surface area contributed by atoms with E-state index >= 15 is 0 Å². The van der Waals surface area contributed by atoms with Crippen LogP contribution in [-0.4, -0.2) is 11.5 Å². The molecule has 0 N–H and O–H groups in total. The lowest BCUT2D eigenvalue weighted by Crippen LogP contribution is -2.06. The second-order valence-corrected chi connectivity index (χ2v) is 3.96. The van der Waals surface area contributed by atoms with Crippen molar-refractivity contribution < 1.29 is 4.42 Å². The zero-order valence-electron chi connectivity index (χ0n) is 7.20. The topological polar surface area (TPSA) is 13.1 Å². The van der Waals surface area contributed by atoms with Gasteiger partial charge in [-0.3, -0.25) is 0 Å². The van der Waals surface area contributed by atoms with Crippen molar-refractivity contribution in [3.8, 4) is 0 Å². The van der Waals surface area contributed by atoms with E-state index in [1.165, 1.54) is 0 Å². The van der Waals surface area contributed by atoms with Crippen molar-refractivity contribution in [2.24, 2.45) is 0 Å². The Morgan fingerprint density at radius 1 is 1.45 bits per heavy atom. The van der Waals surface area contributed by atoms with Gasteiger partial charge in [0.15, 0.2) is 0 Å². The first-order valence-corrected chi connectivity index (χ1v) is 5.10. The van der Waals surface area contributed by atoms with Crippen molar-refractivity contribution in [2.45, 2.75) is 25.0 Å². The van der Waals surface area contributed by atoms with Gasteiger partial charge in [0.2, 0.25) is 0 Å². The highest BCUT2D eigenvalue weighted by atomic mass is 32.2. The summed E-state index contributed by atoms with van der Waals surface area (Å²) in [7, 11) is 0. The highest BCUT2D eigenvalue weighted by Crippen LogP contribution is 2.26. The molecule has 0 aromatic carbocycles. The molecule has 0 saturated carbocycles. The van der Waals surface area contributed by atoms with Crippen molar-refractivity contribution in [3.63, 3.8) is 0 Å². The van der Waals surface area contributed by atoms with E-state index in [1.807, 2.05) is 23.9 Å². The Balaban J connectivity index is 2.62. The van der Waals surface area contributed by atoms with Crippen molar-refractivity contribution in [2.75, 3.05) is 6.26 Å². The van der Waals surface area contributed by atoms with Crippen LogP contribution in [0.15, 0.2) is 22.8 Å². The van der Waals surface area contributed by atoms with E-state index in [9.17, 15) is 0 Å². The van der Waals surface area contributed by atoms with Crippen LogP contribution in [0, 0.1) is 0 Å². The molecule has 1 aromatic heterocycles. The van der Waals surface area contributed by atoms with Gasteiger partial charge in [-0.2, -0.15) is 11.8 Å². The molecule has 1 heterocycles. The maximum Gasteiger partial charge on any atom is 0.107 e. The normalized spacial score (nSPS) is 16.3. The van der Waals surface area contributed by atoms with Gasteiger partial charge in [-0.05, 0) is 18.4 Å². The molecule has 2 heteroatoms. The van der Waals surface area contributed by atoms with Gasteiger partial charge in [0.25, 0.3) is 0 Å². The van der Waals surface area contributed by atoms with Crippen LogP contribution in [-0.2, 0) is 0 Å². The van der Waals surface area contributed by atoms with E-state index in [1.54, 1.807) is 6.26 Å². The van der Waals surface area contributed by atoms with Gasteiger partial charge in [0.1, 0.15) is 5.76 Å². The second kappa shape index (κ2) is 3.86. The standard InChI is InChI=1S/C9H14OS/c1-7(8(2)11-3)9-5-4-6-10-9/h4-8H,1-3H3. The molecule has 0 aliphatic carbocycles. The first kappa shape index (κ1) is 8.72. The smallest absolute Gasteiger partial charge is 0.107 e. The van der Waals surface area contributed by atoms with Gasteiger partial charge < -0.3 is 4.42 Å². The van der Waals surface area contributed by atoms with Gasteiger partial charge in [-0.1, -0.05) is 13.8 Å².